The minimum absolute atomic E-state index is 0.284. The molecule has 1 saturated heterocycles. The number of piperidine rings is 1. The molecule has 3 heterocycles. The average Bonchev–Trinajstić information content (AvgIpc) is 3.26. The fraction of sp³-hybridized carbons (Fsp3) is 0.524. The second-order valence-corrected chi connectivity index (χ2v) is 10.7. The second-order valence-electron chi connectivity index (χ2n) is 9.03. The normalized spacial score (nSPS) is 24.9. The molecule has 0 amide bonds. The van der Waals surface area contributed by atoms with Crippen LogP contribution in [0.25, 0.3) is 21.9 Å². The van der Waals surface area contributed by atoms with E-state index in [9.17, 15) is 8.42 Å². The average molecular weight is 414 g/mol. The Bertz CT molecular complexity index is 1200. The molecule has 1 aliphatic carbocycles. The van der Waals surface area contributed by atoms with E-state index in [0.717, 1.165) is 59.9 Å². The number of rotatable bonds is 4. The Morgan fingerprint density at radius 1 is 1.28 bits per heavy atom. The lowest BCUT2D eigenvalue weighted by atomic mass is 9.87. The summed E-state index contributed by atoms with van der Waals surface area (Å²) in [5, 5.41) is 2.01. The van der Waals surface area contributed by atoms with Crippen molar-refractivity contribution < 1.29 is 8.42 Å². The van der Waals surface area contributed by atoms with Gasteiger partial charge in [0.1, 0.15) is 12.0 Å². The number of sulfonamides is 1. The third-order valence-electron chi connectivity index (χ3n) is 6.68. The smallest absolute Gasteiger partial charge is 0.241 e. The molecule has 7 nitrogen and oxygen atoms in total. The van der Waals surface area contributed by atoms with Crippen molar-refractivity contribution in [2.45, 2.75) is 61.9 Å². The third-order valence-corrected chi connectivity index (χ3v) is 8.31. The lowest BCUT2D eigenvalue weighted by Gasteiger charge is -2.34. The van der Waals surface area contributed by atoms with Crippen LogP contribution >= 0.6 is 0 Å². The number of benzene rings is 1. The summed E-state index contributed by atoms with van der Waals surface area (Å²) >= 11 is 0. The molecule has 0 spiro atoms. The lowest BCUT2D eigenvalue weighted by molar-refractivity contribution is 0.182. The van der Waals surface area contributed by atoms with Crippen LogP contribution in [0.5, 0.6) is 0 Å². The van der Waals surface area contributed by atoms with Crippen LogP contribution < -0.4 is 4.72 Å². The molecule has 29 heavy (non-hydrogen) atoms. The first kappa shape index (κ1) is 19.0. The number of aromatic nitrogens is 3. The van der Waals surface area contributed by atoms with Gasteiger partial charge in [-0.15, -0.1) is 0 Å². The van der Waals surface area contributed by atoms with Crippen LogP contribution in [0.2, 0.25) is 0 Å². The van der Waals surface area contributed by atoms with Gasteiger partial charge in [0.25, 0.3) is 0 Å². The van der Waals surface area contributed by atoms with Gasteiger partial charge >= 0.3 is 0 Å². The first-order chi connectivity index (χ1) is 13.8. The van der Waals surface area contributed by atoms with E-state index in [4.69, 9.17) is 0 Å². The van der Waals surface area contributed by atoms with E-state index in [1.54, 1.807) is 18.5 Å². The van der Waals surface area contributed by atoms with E-state index in [2.05, 4.69) is 38.5 Å². The number of fused-ring (bicyclic) bond motifs is 3. The summed E-state index contributed by atoms with van der Waals surface area (Å²) in [5.74, 6) is 0.380. The fourth-order valence-corrected chi connectivity index (χ4v) is 5.91. The van der Waals surface area contributed by atoms with Crippen molar-refractivity contribution in [2.24, 2.45) is 0 Å². The first-order valence-corrected chi connectivity index (χ1v) is 11.7. The van der Waals surface area contributed by atoms with Gasteiger partial charge in [0.05, 0.1) is 10.6 Å². The summed E-state index contributed by atoms with van der Waals surface area (Å²) in [7, 11) is -1.37. The van der Waals surface area contributed by atoms with Gasteiger partial charge in [-0.25, -0.2) is 23.1 Å². The van der Waals surface area contributed by atoms with Gasteiger partial charge in [-0.2, -0.15) is 0 Å². The predicted molar refractivity (Wildman–Crippen MR) is 113 cm³/mol. The summed E-state index contributed by atoms with van der Waals surface area (Å²) in [6.07, 6.45) is 5.51. The van der Waals surface area contributed by atoms with Crippen molar-refractivity contribution in [3.8, 4) is 0 Å². The van der Waals surface area contributed by atoms with Crippen LogP contribution in [-0.4, -0.2) is 53.4 Å². The van der Waals surface area contributed by atoms with E-state index in [1.807, 2.05) is 13.0 Å². The molecular formula is C21H27N5O2S. The van der Waals surface area contributed by atoms with Gasteiger partial charge in [-0.05, 0) is 65.3 Å². The van der Waals surface area contributed by atoms with Crippen molar-refractivity contribution >= 4 is 32.0 Å². The highest BCUT2D eigenvalue weighted by Gasteiger charge is 2.41. The van der Waals surface area contributed by atoms with Crippen molar-refractivity contribution in [1.82, 2.24) is 24.6 Å². The van der Waals surface area contributed by atoms with Crippen molar-refractivity contribution in [1.29, 1.82) is 0 Å². The molecule has 1 saturated carbocycles. The molecule has 1 aromatic carbocycles. The molecular weight excluding hydrogens is 386 g/mol. The van der Waals surface area contributed by atoms with Gasteiger partial charge in [0, 0.05) is 33.8 Å². The molecule has 2 aliphatic rings. The zero-order chi connectivity index (χ0) is 20.4. The number of aromatic amines is 1. The van der Waals surface area contributed by atoms with Gasteiger partial charge in [0.2, 0.25) is 10.0 Å². The van der Waals surface area contributed by atoms with Crippen LogP contribution in [0.15, 0.2) is 29.4 Å². The van der Waals surface area contributed by atoms with Crippen molar-refractivity contribution in [3.63, 3.8) is 0 Å². The standard InChI is InChI=1S/C21H27N5O2S/c1-13-10-14(6-9-26(13)3)19-18-16-5-4-15(29(27,28)25-21(2)7-8-21)11-17(16)24-20(18)23-12-22-19/h4-5,11-14,25H,6-10H2,1-3H3,(H,22,23,24). The van der Waals surface area contributed by atoms with Gasteiger partial charge in [-0.1, -0.05) is 6.07 Å². The highest BCUT2D eigenvalue weighted by molar-refractivity contribution is 7.89. The van der Waals surface area contributed by atoms with Crippen LogP contribution in [0.1, 0.15) is 51.1 Å². The second kappa shape index (κ2) is 6.48. The van der Waals surface area contributed by atoms with E-state index < -0.39 is 10.0 Å². The van der Waals surface area contributed by atoms with E-state index in [0.29, 0.717) is 12.0 Å². The number of hydrogen-bond donors (Lipinski definition) is 2. The van der Waals surface area contributed by atoms with Crippen molar-refractivity contribution in [3.05, 3.63) is 30.2 Å². The summed E-state index contributed by atoms with van der Waals surface area (Å²) in [6, 6.07) is 5.81. The molecule has 1 aliphatic heterocycles. The molecule has 2 aromatic heterocycles. The minimum Gasteiger partial charge on any atom is -0.339 e. The molecule has 3 aromatic rings. The Hall–Kier alpha value is -2.03. The lowest BCUT2D eigenvalue weighted by Crippen LogP contribution is -2.37. The van der Waals surface area contributed by atoms with E-state index in [-0.39, 0.29) is 10.4 Å². The van der Waals surface area contributed by atoms with Crippen LogP contribution in [0.4, 0.5) is 0 Å². The number of likely N-dealkylation sites (tertiary alicyclic amines) is 1. The Morgan fingerprint density at radius 3 is 2.79 bits per heavy atom. The number of nitrogens with zero attached hydrogens (tertiary/aromatic N) is 3. The SMILES string of the molecule is CC1CC(c2ncnc3[nH]c4cc(S(=O)(=O)NC5(C)CC5)ccc4c23)CCN1C. The minimum atomic E-state index is -3.54. The highest BCUT2D eigenvalue weighted by Crippen LogP contribution is 2.38. The monoisotopic (exact) mass is 413 g/mol. The quantitative estimate of drug-likeness (QED) is 0.686. The van der Waals surface area contributed by atoms with Crippen LogP contribution in [-0.2, 0) is 10.0 Å². The van der Waals surface area contributed by atoms with Gasteiger partial charge in [-0.3, -0.25) is 0 Å². The molecule has 2 unspecified atom stereocenters. The predicted octanol–water partition coefficient (Wildman–Crippen LogP) is 3.14. The zero-order valence-electron chi connectivity index (χ0n) is 17.1. The molecule has 8 heteroatoms. The maximum atomic E-state index is 12.8. The molecule has 2 N–H and O–H groups in total. The molecule has 0 bridgehead atoms. The Balaban J connectivity index is 1.58. The van der Waals surface area contributed by atoms with Crippen LogP contribution in [0.3, 0.4) is 0 Å². The largest absolute Gasteiger partial charge is 0.339 e. The van der Waals surface area contributed by atoms with E-state index in [1.165, 1.54) is 0 Å². The van der Waals surface area contributed by atoms with Crippen LogP contribution in [0, 0.1) is 0 Å². The van der Waals surface area contributed by atoms with E-state index >= 15 is 0 Å². The number of nitrogens with one attached hydrogen (secondary N) is 2. The Labute approximate surface area is 171 Å². The summed E-state index contributed by atoms with van der Waals surface area (Å²) in [6.45, 7) is 5.24. The Morgan fingerprint density at radius 2 is 2.07 bits per heavy atom. The topological polar surface area (TPSA) is 91.0 Å². The zero-order valence-corrected chi connectivity index (χ0v) is 17.9. The first-order valence-electron chi connectivity index (χ1n) is 10.3. The maximum absolute atomic E-state index is 12.8. The maximum Gasteiger partial charge on any atom is 0.241 e. The summed E-state index contributed by atoms with van der Waals surface area (Å²) in [5.41, 5.74) is 2.33. The molecule has 0 radical (unpaired) electrons. The van der Waals surface area contributed by atoms with Gasteiger partial charge in [0.15, 0.2) is 0 Å². The fourth-order valence-electron chi connectivity index (χ4n) is 4.42. The molecule has 5 rings (SSSR count). The Kier molecular flexibility index (Phi) is 4.24. The number of hydrogen-bond acceptors (Lipinski definition) is 5. The molecule has 2 atom stereocenters. The van der Waals surface area contributed by atoms with Crippen molar-refractivity contribution in [2.75, 3.05) is 13.6 Å². The molecule has 2 fully saturated rings. The third kappa shape index (κ3) is 3.33. The summed E-state index contributed by atoms with van der Waals surface area (Å²) < 4.78 is 28.4. The number of H-pyrrole nitrogens is 1. The summed E-state index contributed by atoms with van der Waals surface area (Å²) in [4.78, 5) is 15.1. The van der Waals surface area contributed by atoms with Gasteiger partial charge < -0.3 is 9.88 Å². The highest BCUT2D eigenvalue weighted by atomic mass is 32.2. The molecule has 154 valence electrons.